The Kier molecular flexibility index (Phi) is 11.6. The fourth-order valence-electron chi connectivity index (χ4n) is 6.35. The number of rotatable bonds is 14. The van der Waals surface area contributed by atoms with E-state index in [0.29, 0.717) is 43.1 Å². The van der Waals surface area contributed by atoms with Crippen LogP contribution in [0.2, 0.25) is 0 Å². The Labute approximate surface area is 257 Å². The number of fused-ring (bicyclic) bond motifs is 1. The molecule has 1 aromatic carbocycles. The van der Waals surface area contributed by atoms with Gasteiger partial charge in [0.05, 0.1) is 23.8 Å². The van der Waals surface area contributed by atoms with Gasteiger partial charge in [-0.3, -0.25) is 4.79 Å². The zero-order valence-corrected chi connectivity index (χ0v) is 25.3. The Morgan fingerprint density at radius 3 is 2.36 bits per heavy atom. The molecule has 1 aliphatic carbocycles. The maximum atomic E-state index is 13.3. The smallest absolute Gasteiger partial charge is 0.268 e. The number of amides is 1. The summed E-state index contributed by atoms with van der Waals surface area (Å²) in [6, 6.07) is 7.35. The number of hydrogen-bond acceptors (Lipinski definition) is 8. The van der Waals surface area contributed by atoms with Gasteiger partial charge in [-0.15, -0.1) is 0 Å². The Hall–Kier alpha value is -4.57. The minimum absolute atomic E-state index is 0.119. The highest BCUT2D eigenvalue weighted by Gasteiger charge is 2.31. The summed E-state index contributed by atoms with van der Waals surface area (Å²) in [4.78, 5) is 64.1. The molecule has 10 nitrogen and oxygen atoms in total. The highest BCUT2D eigenvalue weighted by atomic mass is 16.2. The van der Waals surface area contributed by atoms with E-state index < -0.39 is 18.1 Å². The topological polar surface area (TPSA) is 149 Å². The van der Waals surface area contributed by atoms with E-state index in [9.17, 15) is 24.0 Å². The monoisotopic (exact) mass is 599 g/mol. The van der Waals surface area contributed by atoms with Gasteiger partial charge in [0.1, 0.15) is 40.9 Å². The molecule has 1 aromatic heterocycles. The molecule has 10 heteroatoms. The summed E-state index contributed by atoms with van der Waals surface area (Å²) in [6.07, 6.45) is 8.23. The molecule has 1 amide bonds. The summed E-state index contributed by atoms with van der Waals surface area (Å²) >= 11 is 0. The SMILES string of the molecule is CC(C)[C@H](NC(=O)c1cc2ccccc2[nH]1)C(=C=O)N[C@@H](CC1CCCCC1)C(=C=O)N[C@H](C=C=O)C[C@@H]1CCNC1=C=O. The average molecular weight is 600 g/mol. The Balaban J connectivity index is 1.56. The minimum Gasteiger partial charge on any atom is -0.379 e. The van der Waals surface area contributed by atoms with Crippen LogP contribution >= 0.6 is 0 Å². The number of carbonyl (C=O) groups excluding carboxylic acids is 5. The molecular formula is C34H41N5O5. The second-order valence-corrected chi connectivity index (χ2v) is 12.1. The summed E-state index contributed by atoms with van der Waals surface area (Å²) in [5.41, 5.74) is 1.91. The predicted octanol–water partition coefficient (Wildman–Crippen LogP) is 3.34. The Morgan fingerprint density at radius 1 is 0.955 bits per heavy atom. The molecule has 2 aliphatic rings. The third kappa shape index (κ3) is 8.29. The van der Waals surface area contributed by atoms with Gasteiger partial charge >= 0.3 is 0 Å². The lowest BCUT2D eigenvalue weighted by Gasteiger charge is -2.32. The third-order valence-electron chi connectivity index (χ3n) is 8.71. The van der Waals surface area contributed by atoms with Gasteiger partial charge in [0, 0.05) is 29.4 Å². The van der Waals surface area contributed by atoms with Gasteiger partial charge in [0.25, 0.3) is 5.91 Å². The van der Waals surface area contributed by atoms with E-state index in [2.05, 4.69) is 26.3 Å². The zero-order chi connectivity index (χ0) is 31.5. The number of hydrogen-bond donors (Lipinski definition) is 5. The molecule has 2 fully saturated rings. The molecule has 4 rings (SSSR count). The maximum Gasteiger partial charge on any atom is 0.268 e. The lowest BCUT2D eigenvalue weighted by molar-refractivity contribution is 0.0928. The summed E-state index contributed by atoms with van der Waals surface area (Å²) in [7, 11) is 0. The van der Waals surface area contributed by atoms with Crippen LogP contribution in [0.4, 0.5) is 0 Å². The highest BCUT2D eigenvalue weighted by molar-refractivity contribution is 5.98. The first-order valence-electron chi connectivity index (χ1n) is 15.5. The van der Waals surface area contributed by atoms with E-state index in [4.69, 9.17) is 0 Å². The van der Waals surface area contributed by atoms with Crippen molar-refractivity contribution in [2.45, 2.75) is 83.3 Å². The number of H-pyrrole nitrogens is 1. The molecule has 4 atom stereocenters. The summed E-state index contributed by atoms with van der Waals surface area (Å²) in [5, 5.41) is 13.3. The third-order valence-corrected chi connectivity index (χ3v) is 8.71. The van der Waals surface area contributed by atoms with E-state index in [1.807, 2.05) is 61.9 Å². The van der Waals surface area contributed by atoms with Gasteiger partial charge in [0.15, 0.2) is 0 Å². The molecule has 5 N–H and O–H groups in total. The van der Waals surface area contributed by atoms with Crippen LogP contribution in [-0.4, -0.2) is 59.3 Å². The van der Waals surface area contributed by atoms with E-state index in [1.54, 1.807) is 6.07 Å². The molecule has 1 aliphatic heterocycles. The summed E-state index contributed by atoms with van der Waals surface area (Å²) in [5.74, 6) is 7.36. The lowest BCUT2D eigenvalue weighted by Crippen LogP contribution is -2.49. The van der Waals surface area contributed by atoms with Gasteiger partial charge in [0.2, 0.25) is 0 Å². The van der Waals surface area contributed by atoms with Crippen LogP contribution in [-0.2, 0) is 19.2 Å². The van der Waals surface area contributed by atoms with E-state index >= 15 is 0 Å². The first-order chi connectivity index (χ1) is 21.4. The largest absolute Gasteiger partial charge is 0.379 e. The number of nitrogens with one attached hydrogen (secondary N) is 5. The van der Waals surface area contributed by atoms with Crippen molar-refractivity contribution in [3.8, 4) is 0 Å². The predicted molar refractivity (Wildman–Crippen MR) is 168 cm³/mol. The standard InChI is InChI=1S/C34H41N5O5/c1-22(2)33(39-34(44)29-18-24-10-6-7-11-27(24)37-29)32(21-43)38-28(16-23-8-4-3-5-9-23)31(20-42)36-26(13-15-40)17-25-12-14-35-30(25)19-41/h6-7,10-11,13,18,22-23,25-26,28,33,35-38H,3-5,8-9,12,14,16-17H2,1-2H3,(H,39,44)/t25-,26+,28-,33-/m0/s1. The van der Waals surface area contributed by atoms with Crippen molar-refractivity contribution in [2.24, 2.45) is 17.8 Å². The van der Waals surface area contributed by atoms with Crippen LogP contribution in [0.3, 0.4) is 0 Å². The van der Waals surface area contributed by atoms with Crippen molar-refractivity contribution in [1.29, 1.82) is 0 Å². The van der Waals surface area contributed by atoms with Gasteiger partial charge in [-0.1, -0.05) is 64.2 Å². The van der Waals surface area contributed by atoms with Gasteiger partial charge in [-0.25, -0.2) is 19.2 Å². The lowest BCUT2D eigenvalue weighted by atomic mass is 9.84. The average Bonchev–Trinajstić information content (AvgIpc) is 3.68. The van der Waals surface area contributed by atoms with E-state index in [1.165, 1.54) is 6.08 Å². The molecule has 44 heavy (non-hydrogen) atoms. The molecule has 1 saturated carbocycles. The molecule has 0 bridgehead atoms. The van der Waals surface area contributed by atoms with Crippen LogP contribution in [0.1, 0.15) is 75.7 Å². The molecule has 0 radical (unpaired) electrons. The second-order valence-electron chi connectivity index (χ2n) is 12.1. The fraction of sp³-hybridized carbons (Fsp3) is 0.500. The van der Waals surface area contributed by atoms with Crippen molar-refractivity contribution in [3.05, 3.63) is 59.2 Å². The number of benzene rings is 1. The summed E-state index contributed by atoms with van der Waals surface area (Å²) in [6.45, 7) is 4.40. The quantitative estimate of drug-likeness (QED) is 0.208. The van der Waals surface area contributed by atoms with Crippen molar-refractivity contribution >= 4 is 40.6 Å². The number of aromatic amines is 1. The maximum absolute atomic E-state index is 13.3. The zero-order valence-electron chi connectivity index (χ0n) is 25.3. The van der Waals surface area contributed by atoms with E-state index in [0.717, 1.165) is 43.0 Å². The normalized spacial score (nSPS) is 18.5. The molecule has 2 heterocycles. The van der Waals surface area contributed by atoms with Gasteiger partial charge < -0.3 is 26.3 Å². The molecule has 0 unspecified atom stereocenters. The van der Waals surface area contributed by atoms with Crippen LogP contribution < -0.4 is 21.3 Å². The number of aromatic nitrogens is 1. The molecule has 1 saturated heterocycles. The molecule has 2 aromatic rings. The molecule has 0 spiro atoms. The number of carbonyl (C=O) groups is 1. The van der Waals surface area contributed by atoms with E-state index in [-0.39, 0.29) is 29.1 Å². The minimum atomic E-state index is -0.719. The van der Waals surface area contributed by atoms with Gasteiger partial charge in [-0.05, 0) is 43.2 Å². The first kappa shape index (κ1) is 32.3. The molecular weight excluding hydrogens is 558 g/mol. The van der Waals surface area contributed by atoms with Crippen LogP contribution in [0.15, 0.2) is 53.5 Å². The highest BCUT2D eigenvalue weighted by Crippen LogP contribution is 2.29. The van der Waals surface area contributed by atoms with Gasteiger partial charge in [-0.2, -0.15) is 0 Å². The van der Waals surface area contributed by atoms with Crippen molar-refractivity contribution in [3.63, 3.8) is 0 Å². The van der Waals surface area contributed by atoms with Crippen molar-refractivity contribution in [2.75, 3.05) is 6.54 Å². The molecule has 232 valence electrons. The Morgan fingerprint density at radius 2 is 1.70 bits per heavy atom. The Bertz CT molecular complexity index is 1480. The first-order valence-corrected chi connectivity index (χ1v) is 15.5. The van der Waals surface area contributed by atoms with Crippen LogP contribution in [0.5, 0.6) is 0 Å². The number of para-hydroxylation sites is 1. The number of allylic oxidation sites excluding steroid dienone is 1. The second kappa shape index (κ2) is 15.8. The summed E-state index contributed by atoms with van der Waals surface area (Å²) < 4.78 is 0. The van der Waals surface area contributed by atoms with Crippen molar-refractivity contribution in [1.82, 2.24) is 26.3 Å². The van der Waals surface area contributed by atoms with Crippen LogP contribution in [0, 0.1) is 17.8 Å². The fourth-order valence-corrected chi connectivity index (χ4v) is 6.35. The van der Waals surface area contributed by atoms with Crippen molar-refractivity contribution < 1.29 is 24.0 Å². The van der Waals surface area contributed by atoms with Crippen LogP contribution in [0.25, 0.3) is 10.9 Å².